The van der Waals surface area contributed by atoms with Crippen molar-refractivity contribution in [3.8, 4) is 0 Å². The molecule has 0 fully saturated rings. The maximum atomic E-state index is 11.8. The topological polar surface area (TPSA) is 56.5 Å². The van der Waals surface area contributed by atoms with Gasteiger partial charge in [-0.3, -0.25) is 0 Å². The van der Waals surface area contributed by atoms with E-state index in [0.717, 1.165) is 4.47 Å². The van der Waals surface area contributed by atoms with Gasteiger partial charge in [0, 0.05) is 9.86 Å². The molecule has 0 aliphatic heterocycles. The number of carbonyl (C=O) groups excluding carboxylic acids is 1. The molecule has 2 aromatic rings. The first-order valence-corrected chi connectivity index (χ1v) is 7.21. The summed E-state index contributed by atoms with van der Waals surface area (Å²) in [7, 11) is 0. The molecule has 100 valence electrons. The Bertz CT molecular complexity index is 691. The van der Waals surface area contributed by atoms with Crippen LogP contribution in [0, 0.1) is 0 Å². The first-order chi connectivity index (χ1) is 9.02. The Morgan fingerprint density at radius 2 is 2.05 bits per heavy atom. The minimum absolute atomic E-state index is 0.0917. The third-order valence-electron chi connectivity index (χ3n) is 2.41. The summed E-state index contributed by atoms with van der Waals surface area (Å²) in [6, 6.07) is 5.01. The molecule has 0 spiro atoms. The van der Waals surface area contributed by atoms with Crippen molar-refractivity contribution in [3.63, 3.8) is 0 Å². The lowest BCUT2D eigenvalue weighted by Gasteiger charge is -2.04. The van der Waals surface area contributed by atoms with Gasteiger partial charge in [-0.2, -0.15) is 0 Å². The fourth-order valence-electron chi connectivity index (χ4n) is 1.57. The van der Waals surface area contributed by atoms with Gasteiger partial charge in [0.2, 0.25) is 0 Å². The van der Waals surface area contributed by atoms with Gasteiger partial charge < -0.3 is 9.15 Å². The molecule has 0 aliphatic rings. The molecule has 1 aromatic heterocycles. The van der Waals surface area contributed by atoms with Crippen LogP contribution >= 0.6 is 31.9 Å². The standard InChI is InChI=1S/C13H10Br2O4/c1-2-3-18-12(16)9-5-7-4-8(14)6-10(15)11(7)19-13(9)17/h4-6H,2-3H2,1H3. The second kappa shape index (κ2) is 5.88. The zero-order valence-electron chi connectivity index (χ0n) is 10.0. The monoisotopic (exact) mass is 388 g/mol. The van der Waals surface area contributed by atoms with Crippen LogP contribution in [0.3, 0.4) is 0 Å². The number of hydrogen-bond donors (Lipinski definition) is 0. The largest absolute Gasteiger partial charge is 0.462 e. The van der Waals surface area contributed by atoms with E-state index in [1.807, 2.05) is 6.92 Å². The molecule has 0 bridgehead atoms. The van der Waals surface area contributed by atoms with Crippen LogP contribution in [-0.2, 0) is 4.74 Å². The van der Waals surface area contributed by atoms with Crippen LogP contribution in [0.25, 0.3) is 11.0 Å². The van der Waals surface area contributed by atoms with Crippen molar-refractivity contribution >= 4 is 48.8 Å². The molecule has 4 nitrogen and oxygen atoms in total. The molecule has 0 amide bonds. The van der Waals surface area contributed by atoms with Gasteiger partial charge in [0.1, 0.15) is 5.56 Å². The van der Waals surface area contributed by atoms with Crippen molar-refractivity contribution in [2.75, 3.05) is 6.61 Å². The number of carbonyl (C=O) groups is 1. The van der Waals surface area contributed by atoms with Crippen LogP contribution in [0.5, 0.6) is 0 Å². The van der Waals surface area contributed by atoms with Gasteiger partial charge >= 0.3 is 11.6 Å². The summed E-state index contributed by atoms with van der Waals surface area (Å²) in [5.74, 6) is -0.659. The number of ether oxygens (including phenoxy) is 1. The summed E-state index contributed by atoms with van der Waals surface area (Å²) in [5.41, 5.74) is -0.386. The lowest BCUT2D eigenvalue weighted by atomic mass is 10.2. The van der Waals surface area contributed by atoms with Crippen molar-refractivity contribution < 1.29 is 13.9 Å². The lowest BCUT2D eigenvalue weighted by molar-refractivity contribution is 0.0500. The van der Waals surface area contributed by atoms with Gasteiger partial charge in [0.15, 0.2) is 5.58 Å². The van der Waals surface area contributed by atoms with Crippen molar-refractivity contribution in [1.29, 1.82) is 0 Å². The highest BCUT2D eigenvalue weighted by molar-refractivity contribution is 9.11. The molecule has 0 radical (unpaired) electrons. The normalized spacial score (nSPS) is 10.7. The Morgan fingerprint density at radius 1 is 1.32 bits per heavy atom. The zero-order chi connectivity index (χ0) is 14.0. The first-order valence-electron chi connectivity index (χ1n) is 5.63. The van der Waals surface area contributed by atoms with Crippen molar-refractivity contribution in [2.24, 2.45) is 0 Å². The quantitative estimate of drug-likeness (QED) is 0.590. The van der Waals surface area contributed by atoms with E-state index in [4.69, 9.17) is 9.15 Å². The highest BCUT2D eigenvalue weighted by Gasteiger charge is 2.16. The number of hydrogen-bond acceptors (Lipinski definition) is 4. The molecule has 19 heavy (non-hydrogen) atoms. The number of benzene rings is 1. The first kappa shape index (κ1) is 14.3. The number of rotatable bonds is 3. The SMILES string of the molecule is CCCOC(=O)c1cc2cc(Br)cc(Br)c2oc1=O. The fourth-order valence-corrected chi connectivity index (χ4v) is 2.91. The average Bonchev–Trinajstić information content (AvgIpc) is 2.36. The predicted molar refractivity (Wildman–Crippen MR) is 78.5 cm³/mol. The maximum Gasteiger partial charge on any atom is 0.351 e. The molecule has 1 heterocycles. The van der Waals surface area contributed by atoms with Crippen LogP contribution in [0.1, 0.15) is 23.7 Å². The van der Waals surface area contributed by atoms with E-state index in [9.17, 15) is 9.59 Å². The maximum absolute atomic E-state index is 11.8. The Morgan fingerprint density at radius 3 is 2.74 bits per heavy atom. The Hall–Kier alpha value is -1.14. The smallest absolute Gasteiger partial charge is 0.351 e. The molecule has 0 unspecified atom stereocenters. The number of fused-ring (bicyclic) bond motifs is 1. The van der Waals surface area contributed by atoms with E-state index in [-0.39, 0.29) is 12.2 Å². The summed E-state index contributed by atoms with van der Waals surface area (Å²) >= 11 is 6.65. The van der Waals surface area contributed by atoms with Crippen molar-refractivity contribution in [1.82, 2.24) is 0 Å². The molecule has 0 atom stereocenters. The van der Waals surface area contributed by atoms with Gasteiger partial charge in [0.05, 0.1) is 11.1 Å². The van der Waals surface area contributed by atoms with Crippen LogP contribution in [0.15, 0.2) is 36.4 Å². The molecule has 1 aromatic carbocycles. The van der Waals surface area contributed by atoms with Gasteiger partial charge in [-0.25, -0.2) is 9.59 Å². The number of esters is 1. The highest BCUT2D eigenvalue weighted by Crippen LogP contribution is 2.28. The van der Waals surface area contributed by atoms with Crippen LogP contribution in [0.2, 0.25) is 0 Å². The Labute approximate surface area is 126 Å². The highest BCUT2D eigenvalue weighted by atomic mass is 79.9. The third-order valence-corrected chi connectivity index (χ3v) is 3.46. The summed E-state index contributed by atoms with van der Waals surface area (Å²) in [4.78, 5) is 23.5. The van der Waals surface area contributed by atoms with Gasteiger partial charge in [-0.05, 0) is 40.5 Å². The molecule has 0 aliphatic carbocycles. The van der Waals surface area contributed by atoms with Crippen molar-refractivity contribution in [3.05, 3.63) is 43.1 Å². The van der Waals surface area contributed by atoms with Gasteiger partial charge in [-0.15, -0.1) is 0 Å². The molecular weight excluding hydrogens is 380 g/mol. The van der Waals surface area contributed by atoms with E-state index in [1.54, 1.807) is 12.1 Å². The molecule has 2 rings (SSSR count). The summed E-state index contributed by atoms with van der Waals surface area (Å²) < 4.78 is 11.6. The van der Waals surface area contributed by atoms with E-state index in [0.29, 0.717) is 21.9 Å². The summed E-state index contributed by atoms with van der Waals surface area (Å²) in [6.45, 7) is 2.16. The third kappa shape index (κ3) is 3.06. The second-order valence-electron chi connectivity index (χ2n) is 3.89. The molecule has 0 saturated carbocycles. The zero-order valence-corrected chi connectivity index (χ0v) is 13.2. The molecule has 0 N–H and O–H groups in total. The van der Waals surface area contributed by atoms with Crippen LogP contribution in [-0.4, -0.2) is 12.6 Å². The van der Waals surface area contributed by atoms with Crippen LogP contribution in [0.4, 0.5) is 0 Å². The minimum Gasteiger partial charge on any atom is -0.462 e. The van der Waals surface area contributed by atoms with E-state index in [1.165, 1.54) is 6.07 Å². The average molecular weight is 390 g/mol. The fraction of sp³-hybridized carbons (Fsp3) is 0.231. The van der Waals surface area contributed by atoms with E-state index < -0.39 is 11.6 Å². The predicted octanol–water partition coefficient (Wildman–Crippen LogP) is 3.88. The molecular formula is C13H10Br2O4. The van der Waals surface area contributed by atoms with Crippen molar-refractivity contribution in [2.45, 2.75) is 13.3 Å². The van der Waals surface area contributed by atoms with Gasteiger partial charge in [0.25, 0.3) is 0 Å². The lowest BCUT2D eigenvalue weighted by Crippen LogP contribution is -2.16. The van der Waals surface area contributed by atoms with E-state index >= 15 is 0 Å². The Balaban J connectivity index is 2.55. The molecule has 6 heteroatoms. The minimum atomic E-state index is -0.698. The number of halogens is 2. The van der Waals surface area contributed by atoms with Crippen LogP contribution < -0.4 is 5.63 Å². The molecule has 0 saturated heterocycles. The summed E-state index contributed by atoms with van der Waals surface area (Å²) in [5, 5.41) is 0.643. The Kier molecular flexibility index (Phi) is 4.42. The van der Waals surface area contributed by atoms with E-state index in [2.05, 4.69) is 31.9 Å². The second-order valence-corrected chi connectivity index (χ2v) is 5.66. The summed E-state index contributed by atoms with van der Waals surface area (Å²) in [6.07, 6.45) is 0.696. The van der Waals surface area contributed by atoms with Gasteiger partial charge in [-0.1, -0.05) is 22.9 Å².